The highest BCUT2D eigenvalue weighted by molar-refractivity contribution is 6.00. The average Bonchev–Trinajstić information content (AvgIpc) is 2.77. The van der Waals surface area contributed by atoms with E-state index in [-0.39, 0.29) is 11.6 Å². The standard InChI is InChI=1S/C25H30N4O2/c1-18(2)16-29-17-22(20-10-4-5-11-21(20)24(29)30)27-25(31)26-13-15-28-14-7-9-19-8-3-6-12-23(19)28/h3-6,8,10-12,17-18H,7,9,13-16H2,1-2H3,(H2,26,27,31). The fourth-order valence-corrected chi connectivity index (χ4v) is 4.29. The van der Waals surface area contributed by atoms with Gasteiger partial charge >= 0.3 is 6.03 Å². The Hall–Kier alpha value is -3.28. The Bertz CT molecular complexity index is 1140. The Morgan fingerprint density at radius 1 is 1.06 bits per heavy atom. The Kier molecular flexibility index (Phi) is 6.26. The first-order chi connectivity index (χ1) is 15.0. The normalized spacial score (nSPS) is 13.3. The number of anilines is 2. The lowest BCUT2D eigenvalue weighted by molar-refractivity contribution is 0.252. The number of carbonyl (C=O) groups excluding carboxylic acids is 1. The number of aryl methyl sites for hydroxylation is 1. The first-order valence-electron chi connectivity index (χ1n) is 11.0. The molecule has 1 aromatic heterocycles. The molecular weight excluding hydrogens is 388 g/mol. The van der Waals surface area contributed by atoms with Crippen LogP contribution in [0.3, 0.4) is 0 Å². The number of urea groups is 1. The van der Waals surface area contributed by atoms with Crippen molar-refractivity contribution >= 4 is 28.2 Å². The molecule has 2 heterocycles. The smallest absolute Gasteiger partial charge is 0.319 e. The minimum atomic E-state index is -0.259. The van der Waals surface area contributed by atoms with Crippen LogP contribution in [0.4, 0.5) is 16.2 Å². The predicted molar refractivity (Wildman–Crippen MR) is 127 cm³/mol. The number of aromatic nitrogens is 1. The van der Waals surface area contributed by atoms with E-state index in [9.17, 15) is 9.59 Å². The molecule has 4 rings (SSSR count). The van der Waals surface area contributed by atoms with Crippen molar-refractivity contribution in [2.75, 3.05) is 29.9 Å². The number of fused-ring (bicyclic) bond motifs is 2. The van der Waals surface area contributed by atoms with E-state index in [1.54, 1.807) is 10.8 Å². The van der Waals surface area contributed by atoms with Gasteiger partial charge < -0.3 is 20.1 Å². The number of hydrogen-bond donors (Lipinski definition) is 2. The van der Waals surface area contributed by atoms with Gasteiger partial charge in [-0.15, -0.1) is 0 Å². The van der Waals surface area contributed by atoms with Gasteiger partial charge in [-0.3, -0.25) is 4.79 Å². The van der Waals surface area contributed by atoms with Crippen LogP contribution < -0.4 is 21.1 Å². The molecule has 0 saturated carbocycles. The summed E-state index contributed by atoms with van der Waals surface area (Å²) in [6, 6.07) is 15.6. The van der Waals surface area contributed by atoms with Gasteiger partial charge in [0.05, 0.1) is 5.69 Å². The van der Waals surface area contributed by atoms with Gasteiger partial charge in [0.1, 0.15) is 0 Å². The Morgan fingerprint density at radius 2 is 1.81 bits per heavy atom. The van der Waals surface area contributed by atoms with Gasteiger partial charge in [-0.05, 0) is 36.5 Å². The Morgan fingerprint density at radius 3 is 2.61 bits per heavy atom. The summed E-state index contributed by atoms with van der Waals surface area (Å²) in [5, 5.41) is 7.30. The van der Waals surface area contributed by atoms with Crippen LogP contribution in [0.5, 0.6) is 0 Å². The van der Waals surface area contributed by atoms with E-state index in [2.05, 4.69) is 53.6 Å². The SMILES string of the molecule is CC(C)Cn1cc(NC(=O)NCCN2CCCc3ccccc32)c2ccccc2c1=O. The lowest BCUT2D eigenvalue weighted by Gasteiger charge is -2.31. The molecule has 0 radical (unpaired) electrons. The highest BCUT2D eigenvalue weighted by Crippen LogP contribution is 2.26. The molecule has 1 aliphatic heterocycles. The van der Waals surface area contributed by atoms with Crippen molar-refractivity contribution in [3.63, 3.8) is 0 Å². The van der Waals surface area contributed by atoms with Crippen LogP contribution in [0.1, 0.15) is 25.8 Å². The van der Waals surface area contributed by atoms with E-state index in [1.807, 2.05) is 24.3 Å². The third-order valence-corrected chi connectivity index (χ3v) is 5.68. The topological polar surface area (TPSA) is 66.4 Å². The molecule has 0 aliphatic carbocycles. The second-order valence-electron chi connectivity index (χ2n) is 8.54. The lowest BCUT2D eigenvalue weighted by Crippen LogP contribution is -2.39. The van der Waals surface area contributed by atoms with E-state index in [0.717, 1.165) is 31.3 Å². The van der Waals surface area contributed by atoms with Crippen molar-refractivity contribution in [1.29, 1.82) is 0 Å². The number of hydrogen-bond acceptors (Lipinski definition) is 3. The summed E-state index contributed by atoms with van der Waals surface area (Å²) < 4.78 is 1.69. The monoisotopic (exact) mass is 418 g/mol. The zero-order valence-electron chi connectivity index (χ0n) is 18.2. The molecule has 2 N–H and O–H groups in total. The summed E-state index contributed by atoms with van der Waals surface area (Å²) in [5.74, 6) is 0.327. The predicted octanol–water partition coefficient (Wildman–Crippen LogP) is 4.23. The van der Waals surface area contributed by atoms with E-state index < -0.39 is 0 Å². The number of amides is 2. The average molecular weight is 419 g/mol. The molecule has 3 aromatic rings. The second kappa shape index (κ2) is 9.25. The van der Waals surface area contributed by atoms with Crippen molar-refractivity contribution in [3.05, 3.63) is 70.6 Å². The first kappa shape index (κ1) is 21.0. The zero-order valence-corrected chi connectivity index (χ0v) is 18.2. The largest absolute Gasteiger partial charge is 0.370 e. The molecule has 6 nitrogen and oxygen atoms in total. The number of benzene rings is 2. The van der Waals surface area contributed by atoms with Crippen LogP contribution >= 0.6 is 0 Å². The summed E-state index contributed by atoms with van der Waals surface area (Å²) in [5.41, 5.74) is 3.26. The summed E-state index contributed by atoms with van der Waals surface area (Å²) >= 11 is 0. The number of rotatable bonds is 6. The van der Waals surface area contributed by atoms with Crippen molar-refractivity contribution < 1.29 is 4.79 Å². The van der Waals surface area contributed by atoms with Gasteiger partial charge in [-0.2, -0.15) is 0 Å². The molecule has 6 heteroatoms. The summed E-state index contributed by atoms with van der Waals surface area (Å²) in [6.07, 6.45) is 4.00. The summed E-state index contributed by atoms with van der Waals surface area (Å²) in [6.45, 7) is 7.06. The molecule has 0 bridgehead atoms. The van der Waals surface area contributed by atoms with Crippen molar-refractivity contribution in [2.24, 2.45) is 5.92 Å². The van der Waals surface area contributed by atoms with E-state index in [1.165, 1.54) is 11.3 Å². The molecule has 2 aromatic carbocycles. The second-order valence-corrected chi connectivity index (χ2v) is 8.54. The summed E-state index contributed by atoms with van der Waals surface area (Å²) in [7, 11) is 0. The fraction of sp³-hybridized carbons (Fsp3) is 0.360. The third kappa shape index (κ3) is 4.74. The van der Waals surface area contributed by atoms with Crippen LogP contribution in [0.15, 0.2) is 59.5 Å². The van der Waals surface area contributed by atoms with Crippen molar-refractivity contribution in [3.8, 4) is 0 Å². The zero-order chi connectivity index (χ0) is 21.8. The molecule has 0 unspecified atom stereocenters. The van der Waals surface area contributed by atoms with Gasteiger partial charge in [0.25, 0.3) is 5.56 Å². The van der Waals surface area contributed by atoms with E-state index in [0.29, 0.717) is 30.1 Å². The quantitative estimate of drug-likeness (QED) is 0.630. The molecular formula is C25H30N4O2. The highest BCUT2D eigenvalue weighted by Gasteiger charge is 2.16. The fourth-order valence-electron chi connectivity index (χ4n) is 4.29. The van der Waals surface area contributed by atoms with Gasteiger partial charge in [0, 0.05) is 48.8 Å². The number of carbonyl (C=O) groups is 1. The number of nitrogens with one attached hydrogen (secondary N) is 2. The molecule has 162 valence electrons. The number of para-hydroxylation sites is 1. The van der Waals surface area contributed by atoms with Crippen molar-refractivity contribution in [2.45, 2.75) is 33.2 Å². The molecule has 0 spiro atoms. The molecule has 1 aliphatic rings. The molecule has 2 amide bonds. The van der Waals surface area contributed by atoms with Gasteiger partial charge in [0.15, 0.2) is 0 Å². The Balaban J connectivity index is 1.44. The van der Waals surface area contributed by atoms with Gasteiger partial charge in [0.2, 0.25) is 0 Å². The molecule has 0 atom stereocenters. The van der Waals surface area contributed by atoms with Crippen LogP contribution in [0.25, 0.3) is 10.8 Å². The van der Waals surface area contributed by atoms with Crippen LogP contribution in [-0.4, -0.2) is 30.2 Å². The number of pyridine rings is 1. The molecule has 31 heavy (non-hydrogen) atoms. The first-order valence-corrected chi connectivity index (χ1v) is 11.0. The minimum absolute atomic E-state index is 0.0287. The van der Waals surface area contributed by atoms with E-state index in [4.69, 9.17) is 0 Å². The maximum absolute atomic E-state index is 12.8. The van der Waals surface area contributed by atoms with Crippen LogP contribution in [-0.2, 0) is 13.0 Å². The summed E-state index contributed by atoms with van der Waals surface area (Å²) in [4.78, 5) is 27.7. The number of nitrogens with zero attached hydrogens (tertiary/aromatic N) is 2. The van der Waals surface area contributed by atoms with Gasteiger partial charge in [-0.1, -0.05) is 50.2 Å². The van der Waals surface area contributed by atoms with Crippen LogP contribution in [0.2, 0.25) is 0 Å². The maximum atomic E-state index is 12.8. The van der Waals surface area contributed by atoms with Crippen molar-refractivity contribution in [1.82, 2.24) is 9.88 Å². The molecule has 0 saturated heterocycles. The lowest BCUT2D eigenvalue weighted by atomic mass is 10.0. The third-order valence-electron chi connectivity index (χ3n) is 5.68. The molecule has 0 fully saturated rings. The minimum Gasteiger partial charge on any atom is -0.370 e. The van der Waals surface area contributed by atoms with E-state index >= 15 is 0 Å². The van der Waals surface area contributed by atoms with Crippen LogP contribution in [0, 0.1) is 5.92 Å². The maximum Gasteiger partial charge on any atom is 0.319 e. The highest BCUT2D eigenvalue weighted by atomic mass is 16.2. The van der Waals surface area contributed by atoms with Gasteiger partial charge in [-0.25, -0.2) is 4.79 Å². The Labute approximate surface area is 182 Å².